The van der Waals surface area contributed by atoms with Crippen LogP contribution in [0.5, 0.6) is 5.75 Å². The Labute approximate surface area is 90.9 Å². The van der Waals surface area contributed by atoms with Crippen molar-refractivity contribution in [2.75, 3.05) is 6.61 Å². The number of aryl methyl sites for hydroxylation is 1. The minimum Gasteiger partial charge on any atom is -0.505 e. The number of ether oxygens (including phenoxy) is 1. The van der Waals surface area contributed by atoms with E-state index in [-0.39, 0.29) is 12.3 Å². The first-order chi connectivity index (χ1) is 7.49. The molecule has 16 heavy (non-hydrogen) atoms. The summed E-state index contributed by atoms with van der Waals surface area (Å²) >= 11 is 0. The molecule has 1 rings (SSSR count). The van der Waals surface area contributed by atoms with Crippen molar-refractivity contribution in [1.82, 2.24) is 4.98 Å². The quantitative estimate of drug-likeness (QED) is 0.810. The van der Waals surface area contributed by atoms with E-state index in [2.05, 4.69) is 9.72 Å². The number of hydrogen-bond donors (Lipinski definition) is 1. The molecule has 1 aromatic rings. The minimum absolute atomic E-state index is 0.00384. The summed E-state index contributed by atoms with van der Waals surface area (Å²) in [6, 6.07) is 0. The average Bonchev–Trinajstić information content (AvgIpc) is 2.20. The molecule has 4 nitrogen and oxygen atoms in total. The van der Waals surface area contributed by atoms with Crippen LogP contribution < -0.4 is 0 Å². The van der Waals surface area contributed by atoms with Gasteiger partial charge < -0.3 is 9.84 Å². The Hall–Kier alpha value is -1.72. The zero-order valence-electron chi connectivity index (χ0n) is 8.83. The highest BCUT2D eigenvalue weighted by Crippen LogP contribution is 2.31. The molecule has 0 aliphatic carbocycles. The van der Waals surface area contributed by atoms with Gasteiger partial charge in [-0.15, -0.1) is 0 Å². The van der Waals surface area contributed by atoms with Gasteiger partial charge in [-0.1, -0.05) is 0 Å². The first-order valence-electron chi connectivity index (χ1n) is 4.62. The fraction of sp³-hybridized carbons (Fsp3) is 0.400. The van der Waals surface area contributed by atoms with Crippen molar-refractivity contribution in [2.24, 2.45) is 0 Å². The van der Waals surface area contributed by atoms with Crippen molar-refractivity contribution in [2.45, 2.75) is 20.3 Å². The van der Waals surface area contributed by atoms with Gasteiger partial charge in [-0.3, -0.25) is 4.98 Å². The number of esters is 1. The highest BCUT2D eigenvalue weighted by molar-refractivity contribution is 5.94. The predicted molar refractivity (Wildman–Crippen MR) is 51.6 cm³/mol. The molecular formula is C10H11F2NO3. The van der Waals surface area contributed by atoms with E-state index in [1.165, 1.54) is 6.92 Å². The zero-order valence-corrected chi connectivity index (χ0v) is 8.83. The zero-order chi connectivity index (χ0) is 12.3. The molecule has 0 unspecified atom stereocenters. The maximum absolute atomic E-state index is 12.7. The van der Waals surface area contributed by atoms with Crippen LogP contribution in [-0.4, -0.2) is 22.7 Å². The lowest BCUT2D eigenvalue weighted by atomic mass is 10.1. The summed E-state index contributed by atoms with van der Waals surface area (Å²) in [5.74, 6) is -1.57. The van der Waals surface area contributed by atoms with E-state index in [1.54, 1.807) is 6.92 Å². The predicted octanol–water partition coefficient (Wildman–Crippen LogP) is 2.21. The van der Waals surface area contributed by atoms with E-state index >= 15 is 0 Å². The second-order valence-electron chi connectivity index (χ2n) is 3.04. The van der Waals surface area contributed by atoms with Crippen LogP contribution in [0.1, 0.15) is 35.0 Å². The number of rotatable bonds is 3. The molecule has 0 fully saturated rings. The second kappa shape index (κ2) is 4.87. The summed E-state index contributed by atoms with van der Waals surface area (Å²) in [4.78, 5) is 15.0. The maximum atomic E-state index is 12.7. The van der Waals surface area contributed by atoms with Crippen LogP contribution in [0.2, 0.25) is 0 Å². The lowest BCUT2D eigenvalue weighted by Crippen LogP contribution is -2.11. The summed E-state index contributed by atoms with van der Waals surface area (Å²) in [6.45, 7) is 2.93. The number of aromatic nitrogens is 1. The van der Waals surface area contributed by atoms with Gasteiger partial charge in [0, 0.05) is 5.69 Å². The first kappa shape index (κ1) is 12.4. The molecule has 0 amide bonds. The molecule has 0 aliphatic rings. The van der Waals surface area contributed by atoms with Gasteiger partial charge in [0.15, 0.2) is 0 Å². The van der Waals surface area contributed by atoms with Crippen LogP contribution in [0.3, 0.4) is 0 Å². The third-order valence-electron chi connectivity index (χ3n) is 1.99. The van der Waals surface area contributed by atoms with Crippen molar-refractivity contribution in [1.29, 1.82) is 0 Å². The van der Waals surface area contributed by atoms with Crippen LogP contribution in [-0.2, 0) is 4.74 Å². The number of hydrogen-bond acceptors (Lipinski definition) is 4. The van der Waals surface area contributed by atoms with Crippen molar-refractivity contribution >= 4 is 5.97 Å². The Morgan fingerprint density at radius 2 is 2.25 bits per heavy atom. The van der Waals surface area contributed by atoms with Gasteiger partial charge in [0.2, 0.25) is 0 Å². The molecule has 0 aromatic carbocycles. The molecule has 1 N–H and O–H groups in total. The monoisotopic (exact) mass is 231 g/mol. The molecular weight excluding hydrogens is 220 g/mol. The van der Waals surface area contributed by atoms with Crippen molar-refractivity contribution in [3.05, 3.63) is 23.0 Å². The molecule has 0 bridgehead atoms. The normalized spacial score (nSPS) is 10.6. The molecule has 1 aromatic heterocycles. The van der Waals surface area contributed by atoms with Crippen LogP contribution in [0.4, 0.5) is 8.78 Å². The molecule has 0 aliphatic heterocycles. The fourth-order valence-electron chi connectivity index (χ4n) is 1.30. The van der Waals surface area contributed by atoms with Gasteiger partial charge in [-0.25, -0.2) is 13.6 Å². The Morgan fingerprint density at radius 1 is 1.62 bits per heavy atom. The molecule has 0 radical (unpaired) electrons. The van der Waals surface area contributed by atoms with E-state index < -0.39 is 29.3 Å². The number of alkyl halides is 2. The van der Waals surface area contributed by atoms with Crippen LogP contribution >= 0.6 is 0 Å². The molecule has 0 saturated heterocycles. The van der Waals surface area contributed by atoms with Crippen LogP contribution in [0.15, 0.2) is 6.20 Å². The van der Waals surface area contributed by atoms with Crippen molar-refractivity contribution < 1.29 is 23.4 Å². The molecule has 0 saturated carbocycles. The highest BCUT2D eigenvalue weighted by Gasteiger charge is 2.26. The van der Waals surface area contributed by atoms with E-state index in [0.29, 0.717) is 0 Å². The summed E-state index contributed by atoms with van der Waals surface area (Å²) in [7, 11) is 0. The van der Waals surface area contributed by atoms with Gasteiger partial charge >= 0.3 is 5.97 Å². The van der Waals surface area contributed by atoms with Gasteiger partial charge in [-0.2, -0.15) is 0 Å². The number of carbonyl (C=O) groups is 1. The molecule has 6 heteroatoms. The van der Waals surface area contributed by atoms with E-state index in [9.17, 15) is 18.7 Å². The minimum atomic E-state index is -2.89. The number of carbonyl (C=O) groups excluding carboxylic acids is 1. The Balaban J connectivity index is 3.34. The topological polar surface area (TPSA) is 59.4 Å². The average molecular weight is 231 g/mol. The molecule has 0 atom stereocenters. The van der Waals surface area contributed by atoms with Crippen LogP contribution in [0, 0.1) is 6.92 Å². The summed E-state index contributed by atoms with van der Waals surface area (Å²) in [5.41, 5.74) is -1.10. The Bertz CT molecular complexity index is 407. The number of aromatic hydroxyl groups is 1. The number of pyridine rings is 1. The number of halogens is 2. The van der Waals surface area contributed by atoms with Gasteiger partial charge in [0.25, 0.3) is 6.43 Å². The third kappa shape index (κ3) is 2.26. The Kier molecular flexibility index (Phi) is 3.76. The first-order valence-corrected chi connectivity index (χ1v) is 4.62. The van der Waals surface area contributed by atoms with Gasteiger partial charge in [0.05, 0.1) is 18.4 Å². The molecule has 0 spiro atoms. The van der Waals surface area contributed by atoms with Gasteiger partial charge in [-0.05, 0) is 13.8 Å². The van der Waals surface area contributed by atoms with E-state index in [4.69, 9.17) is 0 Å². The standard InChI is InChI=1S/C10H11F2NO3/c1-3-16-10(15)8-6(14)4-13-5(2)7(8)9(11)12/h4,9,14H,3H2,1-2H3. The lowest BCUT2D eigenvalue weighted by molar-refractivity contribution is 0.0510. The summed E-state index contributed by atoms with van der Waals surface area (Å²) in [6.07, 6.45) is -1.94. The van der Waals surface area contributed by atoms with E-state index in [0.717, 1.165) is 6.20 Å². The largest absolute Gasteiger partial charge is 0.505 e. The third-order valence-corrected chi connectivity index (χ3v) is 1.99. The Morgan fingerprint density at radius 3 is 2.75 bits per heavy atom. The number of nitrogens with zero attached hydrogens (tertiary/aromatic N) is 1. The van der Waals surface area contributed by atoms with Crippen molar-refractivity contribution in [3.8, 4) is 5.75 Å². The lowest BCUT2D eigenvalue weighted by Gasteiger charge is -2.11. The summed E-state index contributed by atoms with van der Waals surface area (Å²) in [5, 5.41) is 9.37. The van der Waals surface area contributed by atoms with Crippen LogP contribution in [0.25, 0.3) is 0 Å². The summed E-state index contributed by atoms with van der Waals surface area (Å²) < 4.78 is 30.0. The fourth-order valence-corrected chi connectivity index (χ4v) is 1.30. The second-order valence-corrected chi connectivity index (χ2v) is 3.04. The SMILES string of the molecule is CCOC(=O)c1c(O)cnc(C)c1C(F)F. The molecule has 88 valence electrons. The highest BCUT2D eigenvalue weighted by atomic mass is 19.3. The smallest absolute Gasteiger partial charge is 0.342 e. The van der Waals surface area contributed by atoms with Crippen molar-refractivity contribution in [3.63, 3.8) is 0 Å². The maximum Gasteiger partial charge on any atom is 0.342 e. The van der Waals surface area contributed by atoms with E-state index in [1.807, 2.05) is 0 Å². The molecule has 1 heterocycles. The van der Waals surface area contributed by atoms with Gasteiger partial charge in [0.1, 0.15) is 11.3 Å².